The monoisotopic (exact) mass is 299 g/mol. The number of hydrogen-bond donors (Lipinski definition) is 1. The van der Waals surface area contributed by atoms with Gasteiger partial charge in [-0.3, -0.25) is 4.21 Å². The van der Waals surface area contributed by atoms with E-state index in [0.29, 0.717) is 0 Å². The van der Waals surface area contributed by atoms with Gasteiger partial charge in [0, 0.05) is 10.8 Å². The molecule has 0 spiro atoms. The molecule has 0 saturated carbocycles. The van der Waals surface area contributed by atoms with Gasteiger partial charge in [-0.05, 0) is 20.8 Å². The van der Waals surface area contributed by atoms with Crippen molar-refractivity contribution in [1.82, 2.24) is 5.32 Å². The Kier molecular flexibility index (Phi) is 7.23. The summed E-state index contributed by atoms with van der Waals surface area (Å²) in [6.45, 7) is 5.07. The molecule has 0 rings (SSSR count). The van der Waals surface area contributed by atoms with E-state index in [0.717, 1.165) is 0 Å². The molecule has 0 aromatic rings. The van der Waals surface area contributed by atoms with E-state index in [1.165, 1.54) is 7.11 Å². The average Bonchev–Trinajstić information content (AvgIpc) is 2.24. The Morgan fingerprint density at radius 3 is 2.33 bits per heavy atom. The van der Waals surface area contributed by atoms with Gasteiger partial charge in [-0.25, -0.2) is 9.59 Å². The molecule has 106 valence electrons. The maximum Gasteiger partial charge on any atom is 0.408 e. The fourth-order valence-electron chi connectivity index (χ4n) is 0.991. The Balaban J connectivity index is 4.55. The van der Waals surface area contributed by atoms with E-state index in [4.69, 9.17) is 16.3 Å². The van der Waals surface area contributed by atoms with Gasteiger partial charge in [0.15, 0.2) is 0 Å². The van der Waals surface area contributed by atoms with Crippen molar-refractivity contribution in [1.29, 1.82) is 0 Å². The van der Waals surface area contributed by atoms with Crippen molar-refractivity contribution in [2.45, 2.75) is 32.4 Å². The fourth-order valence-corrected chi connectivity index (χ4v) is 1.94. The second kappa shape index (κ2) is 7.58. The van der Waals surface area contributed by atoms with Crippen molar-refractivity contribution in [2.24, 2.45) is 0 Å². The van der Waals surface area contributed by atoms with Crippen LogP contribution >= 0.6 is 11.6 Å². The highest BCUT2D eigenvalue weighted by Crippen LogP contribution is 2.07. The quantitative estimate of drug-likeness (QED) is 0.605. The van der Waals surface area contributed by atoms with Crippen molar-refractivity contribution in [3.8, 4) is 0 Å². The molecule has 0 unspecified atom stereocenters. The summed E-state index contributed by atoms with van der Waals surface area (Å²) in [5, 5.41) is 2.18. The van der Waals surface area contributed by atoms with E-state index in [1.807, 2.05) is 0 Å². The van der Waals surface area contributed by atoms with Crippen molar-refractivity contribution < 1.29 is 23.3 Å². The van der Waals surface area contributed by atoms with E-state index >= 15 is 0 Å². The van der Waals surface area contributed by atoms with Crippen LogP contribution in [-0.2, 0) is 25.1 Å². The Morgan fingerprint density at radius 2 is 1.94 bits per heavy atom. The molecule has 0 radical (unpaired) electrons. The molecule has 0 aliphatic carbocycles. The number of halogens is 1. The molecule has 2 atom stereocenters. The van der Waals surface area contributed by atoms with E-state index in [2.05, 4.69) is 10.1 Å². The van der Waals surface area contributed by atoms with Crippen LogP contribution < -0.4 is 5.32 Å². The number of carbonyl (C=O) groups excluding carboxylic acids is 2. The molecule has 0 aromatic carbocycles. The van der Waals surface area contributed by atoms with Gasteiger partial charge in [0.05, 0.1) is 18.1 Å². The minimum absolute atomic E-state index is 0.116. The van der Waals surface area contributed by atoms with Crippen LogP contribution in [0.4, 0.5) is 4.79 Å². The molecule has 0 saturated heterocycles. The number of carbonyl (C=O) groups is 2. The second-order valence-electron chi connectivity index (χ2n) is 4.44. The van der Waals surface area contributed by atoms with Gasteiger partial charge in [-0.1, -0.05) is 0 Å². The zero-order valence-electron chi connectivity index (χ0n) is 10.8. The molecule has 8 heteroatoms. The van der Waals surface area contributed by atoms with Crippen molar-refractivity contribution in [3.05, 3.63) is 0 Å². The second-order valence-corrected chi connectivity index (χ2v) is 6.52. The summed E-state index contributed by atoms with van der Waals surface area (Å²) in [5.74, 6) is -0.811. The van der Waals surface area contributed by atoms with Gasteiger partial charge in [-0.2, -0.15) is 0 Å². The Hall–Kier alpha value is -0.820. The third-order valence-electron chi connectivity index (χ3n) is 1.65. The van der Waals surface area contributed by atoms with Gasteiger partial charge in [0.1, 0.15) is 11.6 Å². The lowest BCUT2D eigenvalue weighted by Crippen LogP contribution is -2.47. The van der Waals surface area contributed by atoms with Crippen LogP contribution in [0, 0.1) is 0 Å². The minimum Gasteiger partial charge on any atom is -0.467 e. The molecule has 0 bridgehead atoms. The molecule has 1 N–H and O–H groups in total. The number of ether oxygens (including phenoxy) is 2. The molecule has 1 amide bonds. The SMILES string of the molecule is COC(=O)[C@H](C[S@@](=O)CCl)NC(=O)OC(C)(C)C. The zero-order chi connectivity index (χ0) is 14.3. The largest absolute Gasteiger partial charge is 0.467 e. The van der Waals surface area contributed by atoms with Crippen LogP contribution in [0.2, 0.25) is 0 Å². The van der Waals surface area contributed by atoms with E-state index in [1.54, 1.807) is 20.8 Å². The van der Waals surface area contributed by atoms with Crippen LogP contribution in [0.25, 0.3) is 0 Å². The fraction of sp³-hybridized carbons (Fsp3) is 0.800. The smallest absolute Gasteiger partial charge is 0.408 e. The standard InChI is InChI=1S/C10H18ClNO5S/c1-10(2,3)17-9(14)12-7(8(13)16-4)5-18(15)6-11/h7H,5-6H2,1-4H3,(H,12,14)/t7-,18+/m0/s1. The maximum atomic E-state index is 11.5. The molecule has 6 nitrogen and oxygen atoms in total. The van der Waals surface area contributed by atoms with Crippen LogP contribution in [0.5, 0.6) is 0 Å². The first-order valence-electron chi connectivity index (χ1n) is 5.18. The van der Waals surface area contributed by atoms with Crippen LogP contribution in [0.1, 0.15) is 20.8 Å². The third kappa shape index (κ3) is 7.50. The van der Waals surface area contributed by atoms with Gasteiger partial charge in [0.25, 0.3) is 0 Å². The predicted molar refractivity (Wildman–Crippen MR) is 68.9 cm³/mol. The van der Waals surface area contributed by atoms with Gasteiger partial charge in [0.2, 0.25) is 0 Å². The van der Waals surface area contributed by atoms with Crippen LogP contribution in [0.15, 0.2) is 0 Å². The summed E-state index contributed by atoms with van der Waals surface area (Å²) in [7, 11) is -0.248. The lowest BCUT2D eigenvalue weighted by molar-refractivity contribution is -0.142. The van der Waals surface area contributed by atoms with Crippen LogP contribution in [-0.4, -0.2) is 46.0 Å². The maximum absolute atomic E-state index is 11.5. The average molecular weight is 300 g/mol. The topological polar surface area (TPSA) is 81.7 Å². The Morgan fingerprint density at radius 1 is 1.39 bits per heavy atom. The number of alkyl halides is 1. The number of methoxy groups -OCH3 is 1. The van der Waals surface area contributed by atoms with Crippen molar-refractivity contribution >= 4 is 34.5 Å². The van der Waals surface area contributed by atoms with E-state index < -0.39 is 34.5 Å². The first kappa shape index (κ1) is 17.2. The molecule has 0 aliphatic rings. The summed E-state index contributed by atoms with van der Waals surface area (Å²) in [4.78, 5) is 22.9. The van der Waals surface area contributed by atoms with Crippen molar-refractivity contribution in [2.75, 3.05) is 18.1 Å². The molecular formula is C10H18ClNO5S. The zero-order valence-corrected chi connectivity index (χ0v) is 12.4. The first-order chi connectivity index (χ1) is 8.19. The molecule has 0 aromatic heterocycles. The third-order valence-corrected chi connectivity index (χ3v) is 3.33. The summed E-state index contributed by atoms with van der Waals surface area (Å²) < 4.78 is 20.8. The normalized spacial score (nSPS) is 14.5. The van der Waals surface area contributed by atoms with E-state index in [9.17, 15) is 13.8 Å². The van der Waals surface area contributed by atoms with Gasteiger partial charge < -0.3 is 14.8 Å². The highest BCUT2D eigenvalue weighted by molar-refractivity contribution is 7.86. The molecule has 0 aliphatic heterocycles. The Bertz CT molecular complexity index is 329. The molecule has 18 heavy (non-hydrogen) atoms. The number of alkyl carbamates (subject to hydrolysis) is 1. The molecule has 0 heterocycles. The summed E-state index contributed by atoms with van der Waals surface area (Å²) in [5.41, 5.74) is -0.684. The van der Waals surface area contributed by atoms with E-state index in [-0.39, 0.29) is 11.0 Å². The van der Waals surface area contributed by atoms with Crippen molar-refractivity contribution in [3.63, 3.8) is 0 Å². The number of rotatable bonds is 5. The lowest BCUT2D eigenvalue weighted by atomic mass is 10.2. The summed E-state index contributed by atoms with van der Waals surface area (Å²) in [6, 6.07) is -1.04. The summed E-state index contributed by atoms with van der Waals surface area (Å²) >= 11 is 5.39. The van der Waals surface area contributed by atoms with Crippen LogP contribution in [0.3, 0.4) is 0 Å². The number of esters is 1. The highest BCUT2D eigenvalue weighted by atomic mass is 35.5. The number of nitrogens with one attached hydrogen (secondary N) is 1. The Labute approximate surface area is 114 Å². The summed E-state index contributed by atoms with van der Waals surface area (Å²) in [6.07, 6.45) is -0.774. The lowest BCUT2D eigenvalue weighted by Gasteiger charge is -2.22. The number of amides is 1. The number of hydrogen-bond acceptors (Lipinski definition) is 5. The predicted octanol–water partition coefficient (Wildman–Crippen LogP) is 0.998. The van der Waals surface area contributed by atoms with Gasteiger partial charge in [-0.15, -0.1) is 11.6 Å². The minimum atomic E-state index is -1.42. The first-order valence-corrected chi connectivity index (χ1v) is 7.20. The highest BCUT2D eigenvalue weighted by Gasteiger charge is 2.26. The molecule has 0 fully saturated rings. The molecular weight excluding hydrogens is 282 g/mol. The van der Waals surface area contributed by atoms with Gasteiger partial charge >= 0.3 is 12.1 Å².